The van der Waals surface area contributed by atoms with Crippen molar-refractivity contribution in [2.75, 3.05) is 30.3 Å². The van der Waals surface area contributed by atoms with Gasteiger partial charge < -0.3 is 15.4 Å². The van der Waals surface area contributed by atoms with Crippen LogP contribution in [0.2, 0.25) is 0 Å². The Morgan fingerprint density at radius 1 is 1.35 bits per heavy atom. The number of carbonyl (C=O) groups excluding carboxylic acids is 1. The van der Waals surface area contributed by atoms with Gasteiger partial charge in [-0.2, -0.15) is 0 Å². The molecule has 0 spiro atoms. The molecule has 110 valence electrons. The molecule has 0 aliphatic carbocycles. The lowest BCUT2D eigenvalue weighted by atomic mass is 9.94. The first-order valence-electron chi connectivity index (χ1n) is 7.47. The number of piperidine rings is 1. The summed E-state index contributed by atoms with van der Waals surface area (Å²) in [6, 6.07) is 5.65. The zero-order valence-electron chi connectivity index (χ0n) is 12.4. The second-order valence-electron chi connectivity index (χ2n) is 5.33. The van der Waals surface area contributed by atoms with Crippen LogP contribution in [0.5, 0.6) is 0 Å². The number of anilines is 2. The first-order valence-corrected chi connectivity index (χ1v) is 7.47. The maximum Gasteiger partial charge on any atom is 0.340 e. The lowest BCUT2D eigenvalue weighted by Gasteiger charge is -2.33. The number of rotatable bonds is 4. The molecule has 0 atom stereocenters. The SMILES string of the molecule is CCOC(=O)c1cc(N2CCC(CC)CC2)ccc1N. The molecule has 0 aromatic heterocycles. The Morgan fingerprint density at radius 2 is 2.05 bits per heavy atom. The van der Waals surface area contributed by atoms with E-state index in [4.69, 9.17) is 10.5 Å². The molecule has 1 aromatic rings. The molecule has 0 amide bonds. The van der Waals surface area contributed by atoms with E-state index in [9.17, 15) is 4.79 Å². The van der Waals surface area contributed by atoms with Gasteiger partial charge in [-0.15, -0.1) is 0 Å². The third-order valence-electron chi connectivity index (χ3n) is 4.09. The molecular weight excluding hydrogens is 252 g/mol. The standard InChI is InChI=1S/C16H24N2O2/c1-3-12-7-9-18(10-8-12)13-5-6-15(17)14(11-13)16(19)20-4-2/h5-6,11-12H,3-4,7-10,17H2,1-2H3. The van der Waals surface area contributed by atoms with E-state index >= 15 is 0 Å². The van der Waals surface area contributed by atoms with Crippen LogP contribution in [0.3, 0.4) is 0 Å². The zero-order chi connectivity index (χ0) is 14.5. The number of ether oxygens (including phenoxy) is 1. The highest BCUT2D eigenvalue weighted by molar-refractivity contribution is 5.96. The van der Waals surface area contributed by atoms with Gasteiger partial charge in [-0.3, -0.25) is 0 Å². The largest absolute Gasteiger partial charge is 0.462 e. The number of hydrogen-bond donors (Lipinski definition) is 1. The smallest absolute Gasteiger partial charge is 0.340 e. The molecular formula is C16H24N2O2. The van der Waals surface area contributed by atoms with Crippen molar-refractivity contribution in [2.24, 2.45) is 5.92 Å². The molecule has 0 bridgehead atoms. The molecule has 1 aliphatic heterocycles. The molecule has 2 N–H and O–H groups in total. The quantitative estimate of drug-likeness (QED) is 0.678. The van der Waals surface area contributed by atoms with Crippen molar-refractivity contribution >= 4 is 17.3 Å². The number of hydrogen-bond acceptors (Lipinski definition) is 4. The molecule has 1 fully saturated rings. The van der Waals surface area contributed by atoms with Gasteiger partial charge in [0.2, 0.25) is 0 Å². The van der Waals surface area contributed by atoms with Gasteiger partial charge in [-0.25, -0.2) is 4.79 Å². The highest BCUT2D eigenvalue weighted by atomic mass is 16.5. The predicted octanol–water partition coefficient (Wildman–Crippen LogP) is 3.07. The van der Waals surface area contributed by atoms with Crippen molar-refractivity contribution in [3.05, 3.63) is 23.8 Å². The molecule has 1 aliphatic rings. The van der Waals surface area contributed by atoms with Gasteiger partial charge in [0.15, 0.2) is 0 Å². The zero-order valence-corrected chi connectivity index (χ0v) is 12.4. The summed E-state index contributed by atoms with van der Waals surface area (Å²) in [7, 11) is 0. The van der Waals surface area contributed by atoms with E-state index in [0.29, 0.717) is 17.9 Å². The Bertz CT molecular complexity index is 466. The molecule has 0 unspecified atom stereocenters. The summed E-state index contributed by atoms with van der Waals surface area (Å²) in [5, 5.41) is 0. The maximum atomic E-state index is 11.9. The Labute approximate surface area is 120 Å². The van der Waals surface area contributed by atoms with Crippen molar-refractivity contribution in [3.8, 4) is 0 Å². The Kier molecular flexibility index (Phi) is 4.88. The van der Waals surface area contributed by atoms with Crippen LogP contribution in [0.15, 0.2) is 18.2 Å². The van der Waals surface area contributed by atoms with E-state index in [2.05, 4.69) is 11.8 Å². The number of esters is 1. The van der Waals surface area contributed by atoms with E-state index in [0.717, 1.165) is 24.7 Å². The first-order chi connectivity index (χ1) is 9.65. The van der Waals surface area contributed by atoms with Gasteiger partial charge in [-0.1, -0.05) is 13.3 Å². The van der Waals surface area contributed by atoms with E-state index in [1.807, 2.05) is 12.1 Å². The van der Waals surface area contributed by atoms with E-state index in [1.165, 1.54) is 19.3 Å². The van der Waals surface area contributed by atoms with Gasteiger partial charge in [-0.05, 0) is 43.9 Å². The average molecular weight is 276 g/mol. The Hall–Kier alpha value is -1.71. The molecule has 0 saturated carbocycles. The van der Waals surface area contributed by atoms with Crippen molar-refractivity contribution in [1.29, 1.82) is 0 Å². The third kappa shape index (κ3) is 3.24. The molecule has 4 nitrogen and oxygen atoms in total. The van der Waals surface area contributed by atoms with Crippen LogP contribution < -0.4 is 10.6 Å². The lowest BCUT2D eigenvalue weighted by molar-refractivity contribution is 0.0527. The first kappa shape index (κ1) is 14.7. The number of nitrogen functional groups attached to an aromatic ring is 1. The number of benzene rings is 1. The second kappa shape index (κ2) is 6.64. The topological polar surface area (TPSA) is 55.6 Å². The summed E-state index contributed by atoms with van der Waals surface area (Å²) < 4.78 is 5.05. The van der Waals surface area contributed by atoms with Crippen molar-refractivity contribution in [1.82, 2.24) is 0 Å². The summed E-state index contributed by atoms with van der Waals surface area (Å²) in [6.07, 6.45) is 3.69. The number of nitrogens with zero attached hydrogens (tertiary/aromatic N) is 1. The van der Waals surface area contributed by atoms with Gasteiger partial charge in [0.1, 0.15) is 0 Å². The van der Waals surface area contributed by atoms with Crippen molar-refractivity contribution in [3.63, 3.8) is 0 Å². The van der Waals surface area contributed by atoms with E-state index in [1.54, 1.807) is 13.0 Å². The maximum absolute atomic E-state index is 11.9. The van der Waals surface area contributed by atoms with Crippen molar-refractivity contribution < 1.29 is 9.53 Å². The highest BCUT2D eigenvalue weighted by Crippen LogP contribution is 2.27. The van der Waals surface area contributed by atoms with Crippen LogP contribution in [-0.4, -0.2) is 25.7 Å². The van der Waals surface area contributed by atoms with Crippen LogP contribution in [0, 0.1) is 5.92 Å². The van der Waals surface area contributed by atoms with E-state index in [-0.39, 0.29) is 5.97 Å². The third-order valence-corrected chi connectivity index (χ3v) is 4.09. The molecule has 4 heteroatoms. The number of nitrogens with two attached hydrogens (primary N) is 1. The van der Waals surface area contributed by atoms with Crippen LogP contribution in [0.25, 0.3) is 0 Å². The lowest BCUT2D eigenvalue weighted by Crippen LogP contribution is -2.33. The Morgan fingerprint density at radius 3 is 2.65 bits per heavy atom. The van der Waals surface area contributed by atoms with Crippen LogP contribution in [0.1, 0.15) is 43.5 Å². The van der Waals surface area contributed by atoms with Crippen molar-refractivity contribution in [2.45, 2.75) is 33.1 Å². The fourth-order valence-corrected chi connectivity index (χ4v) is 2.73. The fourth-order valence-electron chi connectivity index (χ4n) is 2.73. The molecule has 1 heterocycles. The second-order valence-corrected chi connectivity index (χ2v) is 5.33. The van der Waals surface area contributed by atoms with Gasteiger partial charge in [0.05, 0.1) is 12.2 Å². The highest BCUT2D eigenvalue weighted by Gasteiger charge is 2.20. The van der Waals surface area contributed by atoms with E-state index < -0.39 is 0 Å². The monoisotopic (exact) mass is 276 g/mol. The minimum atomic E-state index is -0.338. The summed E-state index contributed by atoms with van der Waals surface area (Å²) in [4.78, 5) is 14.2. The summed E-state index contributed by atoms with van der Waals surface area (Å²) in [5.41, 5.74) is 7.90. The minimum Gasteiger partial charge on any atom is -0.462 e. The van der Waals surface area contributed by atoms with Crippen LogP contribution in [0.4, 0.5) is 11.4 Å². The molecule has 2 rings (SSSR count). The van der Waals surface area contributed by atoms with Gasteiger partial charge in [0, 0.05) is 24.5 Å². The summed E-state index contributed by atoms with van der Waals surface area (Å²) >= 11 is 0. The molecule has 0 radical (unpaired) electrons. The summed E-state index contributed by atoms with van der Waals surface area (Å²) in [6.45, 7) is 6.51. The molecule has 1 aromatic carbocycles. The summed E-state index contributed by atoms with van der Waals surface area (Å²) in [5.74, 6) is 0.500. The number of carbonyl (C=O) groups is 1. The average Bonchev–Trinajstić information content (AvgIpc) is 2.48. The minimum absolute atomic E-state index is 0.338. The molecule has 1 saturated heterocycles. The Balaban J connectivity index is 2.13. The fraction of sp³-hybridized carbons (Fsp3) is 0.562. The normalized spacial score (nSPS) is 16.2. The van der Waals surface area contributed by atoms with Gasteiger partial charge in [0.25, 0.3) is 0 Å². The van der Waals surface area contributed by atoms with Gasteiger partial charge >= 0.3 is 5.97 Å². The predicted molar refractivity (Wildman–Crippen MR) is 82.0 cm³/mol. The molecule has 20 heavy (non-hydrogen) atoms. The van der Waals surface area contributed by atoms with Crippen LogP contribution in [-0.2, 0) is 4.74 Å². The van der Waals surface area contributed by atoms with Crippen LogP contribution >= 0.6 is 0 Å².